The van der Waals surface area contributed by atoms with Crippen molar-refractivity contribution in [1.82, 2.24) is 9.78 Å². The Morgan fingerprint density at radius 1 is 1.60 bits per heavy atom. The van der Waals surface area contributed by atoms with Crippen LogP contribution in [0, 0.1) is 11.3 Å². The van der Waals surface area contributed by atoms with Crippen LogP contribution in [0.15, 0.2) is 18.2 Å². The second kappa shape index (κ2) is 5.21. The monoisotopic (exact) mass is 303 g/mol. The molecular weight excluding hydrogens is 295 g/mol. The van der Waals surface area contributed by atoms with Gasteiger partial charge in [-0.2, -0.15) is 19.1 Å². The molecule has 1 atom stereocenters. The summed E-state index contributed by atoms with van der Waals surface area (Å²) in [5, 5.41) is 12.5. The van der Waals surface area contributed by atoms with E-state index in [2.05, 4.69) is 9.84 Å². The smallest absolute Gasteiger partial charge is 0.388 e. The SMILES string of the molecule is Cn1nc(C2=CCC(F)(C#N)C=C2)c(Cl)c1OC(F)F. The van der Waals surface area contributed by atoms with Gasteiger partial charge in [0.2, 0.25) is 11.5 Å². The molecule has 1 aromatic heterocycles. The van der Waals surface area contributed by atoms with Crippen LogP contribution in [0.4, 0.5) is 13.2 Å². The highest BCUT2D eigenvalue weighted by Gasteiger charge is 2.29. The lowest BCUT2D eigenvalue weighted by atomic mass is 9.94. The van der Waals surface area contributed by atoms with E-state index < -0.39 is 12.3 Å². The van der Waals surface area contributed by atoms with Gasteiger partial charge in [0.25, 0.3) is 0 Å². The van der Waals surface area contributed by atoms with Gasteiger partial charge in [0.1, 0.15) is 16.8 Å². The molecule has 0 amide bonds. The molecular formula is C12H9ClF3N3O. The highest BCUT2D eigenvalue weighted by Crippen LogP contribution is 2.36. The second-order valence-corrected chi connectivity index (χ2v) is 4.52. The summed E-state index contributed by atoms with van der Waals surface area (Å²) in [6.45, 7) is -3.02. The van der Waals surface area contributed by atoms with Gasteiger partial charge >= 0.3 is 6.61 Å². The van der Waals surface area contributed by atoms with E-state index in [0.29, 0.717) is 5.57 Å². The Balaban J connectivity index is 2.33. The van der Waals surface area contributed by atoms with Crippen molar-refractivity contribution in [3.63, 3.8) is 0 Å². The van der Waals surface area contributed by atoms with E-state index >= 15 is 0 Å². The summed E-state index contributed by atoms with van der Waals surface area (Å²) < 4.78 is 43.5. The lowest BCUT2D eigenvalue weighted by molar-refractivity contribution is -0.0552. The van der Waals surface area contributed by atoms with E-state index in [-0.39, 0.29) is 23.0 Å². The first-order valence-corrected chi connectivity index (χ1v) is 5.91. The zero-order chi connectivity index (χ0) is 14.9. The summed E-state index contributed by atoms with van der Waals surface area (Å²) in [6.07, 6.45) is 3.70. The molecule has 0 spiro atoms. The number of hydrogen-bond acceptors (Lipinski definition) is 3. The van der Waals surface area contributed by atoms with Crippen molar-refractivity contribution in [2.24, 2.45) is 7.05 Å². The van der Waals surface area contributed by atoms with Crippen LogP contribution in [-0.2, 0) is 7.05 Å². The average Bonchev–Trinajstić information content (AvgIpc) is 2.67. The summed E-state index contributed by atoms with van der Waals surface area (Å²) in [5.74, 6) is -0.275. The Morgan fingerprint density at radius 2 is 2.30 bits per heavy atom. The Morgan fingerprint density at radius 3 is 2.80 bits per heavy atom. The maximum atomic E-state index is 13.7. The van der Waals surface area contributed by atoms with Crippen molar-refractivity contribution in [2.45, 2.75) is 18.7 Å². The van der Waals surface area contributed by atoms with E-state index in [0.717, 1.165) is 10.8 Å². The minimum atomic E-state index is -3.02. The van der Waals surface area contributed by atoms with E-state index in [1.165, 1.54) is 25.3 Å². The molecule has 1 unspecified atom stereocenters. The Bertz CT molecular complexity index is 633. The summed E-state index contributed by atoms with van der Waals surface area (Å²) in [4.78, 5) is 0. The van der Waals surface area contributed by atoms with Gasteiger partial charge in [0.15, 0.2) is 0 Å². The molecule has 20 heavy (non-hydrogen) atoms. The molecule has 0 aliphatic heterocycles. The van der Waals surface area contributed by atoms with Gasteiger partial charge in [-0.1, -0.05) is 23.8 Å². The van der Waals surface area contributed by atoms with Crippen LogP contribution in [0.5, 0.6) is 5.88 Å². The quantitative estimate of drug-likeness (QED) is 0.861. The van der Waals surface area contributed by atoms with Crippen LogP contribution in [0.25, 0.3) is 5.57 Å². The van der Waals surface area contributed by atoms with Gasteiger partial charge in [-0.25, -0.2) is 9.07 Å². The molecule has 106 valence electrons. The number of halogens is 4. The molecule has 0 fully saturated rings. The van der Waals surface area contributed by atoms with E-state index in [1.54, 1.807) is 0 Å². The number of alkyl halides is 3. The third-order valence-corrected chi connectivity index (χ3v) is 3.09. The first kappa shape index (κ1) is 14.5. The molecule has 1 aliphatic rings. The first-order valence-electron chi connectivity index (χ1n) is 5.53. The van der Waals surface area contributed by atoms with Crippen molar-refractivity contribution in [3.05, 3.63) is 28.9 Å². The maximum absolute atomic E-state index is 13.7. The summed E-state index contributed by atoms with van der Waals surface area (Å²) >= 11 is 5.94. The van der Waals surface area contributed by atoms with E-state index in [9.17, 15) is 13.2 Å². The van der Waals surface area contributed by atoms with Crippen molar-refractivity contribution >= 4 is 17.2 Å². The maximum Gasteiger partial charge on any atom is 0.388 e. The van der Waals surface area contributed by atoms with E-state index in [4.69, 9.17) is 16.9 Å². The molecule has 0 aromatic carbocycles. The Kier molecular flexibility index (Phi) is 3.77. The van der Waals surface area contributed by atoms with Gasteiger partial charge in [0.05, 0.1) is 0 Å². The fraction of sp³-hybridized carbons (Fsp3) is 0.333. The second-order valence-electron chi connectivity index (χ2n) is 4.14. The van der Waals surface area contributed by atoms with Gasteiger partial charge in [-0.3, -0.25) is 0 Å². The zero-order valence-electron chi connectivity index (χ0n) is 10.3. The molecule has 0 N–H and O–H groups in total. The number of rotatable bonds is 3. The van der Waals surface area contributed by atoms with Gasteiger partial charge in [-0.05, 0) is 11.6 Å². The topological polar surface area (TPSA) is 50.8 Å². The lowest BCUT2D eigenvalue weighted by Crippen LogP contribution is -2.17. The van der Waals surface area contributed by atoms with Gasteiger partial charge in [-0.15, -0.1) is 0 Å². The lowest BCUT2D eigenvalue weighted by Gasteiger charge is -2.15. The van der Waals surface area contributed by atoms with Gasteiger partial charge in [0, 0.05) is 13.5 Å². The molecule has 1 aromatic rings. The van der Waals surface area contributed by atoms with Crippen LogP contribution in [0.3, 0.4) is 0 Å². The number of nitriles is 1. The van der Waals surface area contributed by atoms with Gasteiger partial charge < -0.3 is 4.74 Å². The summed E-state index contributed by atoms with van der Waals surface area (Å²) in [5.41, 5.74) is -1.42. The number of nitrogens with zero attached hydrogens (tertiary/aromatic N) is 3. The van der Waals surface area contributed by atoms with Crippen LogP contribution in [-0.4, -0.2) is 22.1 Å². The molecule has 0 bridgehead atoms. The molecule has 0 saturated heterocycles. The fourth-order valence-electron chi connectivity index (χ4n) is 1.75. The molecule has 1 aliphatic carbocycles. The predicted octanol–water partition coefficient (Wildman–Crippen LogP) is 3.25. The van der Waals surface area contributed by atoms with Crippen LogP contribution >= 0.6 is 11.6 Å². The number of allylic oxidation sites excluding steroid dienone is 4. The van der Waals surface area contributed by atoms with Crippen LogP contribution in [0.1, 0.15) is 12.1 Å². The highest BCUT2D eigenvalue weighted by molar-refractivity contribution is 6.33. The number of aryl methyl sites for hydroxylation is 1. The predicted molar refractivity (Wildman–Crippen MR) is 66.0 cm³/mol. The molecule has 4 nitrogen and oxygen atoms in total. The molecule has 1 heterocycles. The third kappa shape index (κ3) is 2.65. The largest absolute Gasteiger partial charge is 0.416 e. The third-order valence-electron chi connectivity index (χ3n) is 2.75. The highest BCUT2D eigenvalue weighted by atomic mass is 35.5. The fourth-order valence-corrected chi connectivity index (χ4v) is 2.07. The summed E-state index contributed by atoms with van der Waals surface area (Å²) in [6, 6.07) is 1.53. The van der Waals surface area contributed by atoms with Crippen molar-refractivity contribution in [2.75, 3.05) is 0 Å². The number of aromatic nitrogens is 2. The molecule has 2 rings (SSSR count). The minimum Gasteiger partial charge on any atom is -0.416 e. The van der Waals surface area contributed by atoms with Crippen molar-refractivity contribution < 1.29 is 17.9 Å². The average molecular weight is 304 g/mol. The van der Waals surface area contributed by atoms with E-state index in [1.807, 2.05) is 0 Å². The summed E-state index contributed by atoms with van der Waals surface area (Å²) in [7, 11) is 1.40. The van der Waals surface area contributed by atoms with Crippen molar-refractivity contribution in [3.8, 4) is 11.9 Å². The zero-order valence-corrected chi connectivity index (χ0v) is 11.0. The minimum absolute atomic E-state index is 0.0907. The van der Waals surface area contributed by atoms with Crippen molar-refractivity contribution in [1.29, 1.82) is 5.26 Å². The normalized spacial score (nSPS) is 21.8. The molecule has 0 radical (unpaired) electrons. The Hall–Kier alpha value is -1.94. The Labute approximate surface area is 117 Å². The number of hydrogen-bond donors (Lipinski definition) is 0. The number of ether oxygens (including phenoxy) is 1. The molecule has 0 saturated carbocycles. The first-order chi connectivity index (χ1) is 9.36. The van der Waals surface area contributed by atoms with Crippen LogP contribution in [0.2, 0.25) is 5.02 Å². The standard InChI is InChI=1S/C12H9ClF3N3O/c1-19-10(20-11(14)15)8(13)9(18-19)7-2-4-12(16,6-17)5-3-7/h2-4,11H,5H2,1H3. The molecule has 8 heteroatoms. The van der Waals surface area contributed by atoms with Crippen LogP contribution < -0.4 is 4.74 Å².